The third kappa shape index (κ3) is 7.21. The van der Waals surface area contributed by atoms with E-state index in [0.29, 0.717) is 24.5 Å². The van der Waals surface area contributed by atoms with Gasteiger partial charge >= 0.3 is 0 Å². The van der Waals surface area contributed by atoms with Gasteiger partial charge in [-0.1, -0.05) is 31.2 Å². The number of aryl methyl sites for hydroxylation is 1. The summed E-state index contributed by atoms with van der Waals surface area (Å²) in [5.41, 5.74) is 1.74. The summed E-state index contributed by atoms with van der Waals surface area (Å²) in [5.74, 6) is 1.20. The van der Waals surface area contributed by atoms with Gasteiger partial charge in [0.2, 0.25) is 5.91 Å². The molecule has 0 fully saturated rings. The molecule has 28 heavy (non-hydrogen) atoms. The summed E-state index contributed by atoms with van der Waals surface area (Å²) >= 11 is 0. The van der Waals surface area contributed by atoms with E-state index in [1.54, 1.807) is 19.2 Å². The number of para-hydroxylation sites is 2. The molecule has 152 valence electrons. The van der Waals surface area contributed by atoms with Gasteiger partial charge in [-0.25, -0.2) is 0 Å². The van der Waals surface area contributed by atoms with Gasteiger partial charge in [0, 0.05) is 6.54 Å². The van der Waals surface area contributed by atoms with E-state index >= 15 is 0 Å². The number of carbonyl (C=O) groups excluding carboxylic acids is 1. The van der Waals surface area contributed by atoms with Crippen LogP contribution >= 0.6 is 0 Å². The van der Waals surface area contributed by atoms with E-state index in [0.717, 1.165) is 17.7 Å². The van der Waals surface area contributed by atoms with Crippen molar-refractivity contribution in [3.63, 3.8) is 0 Å². The maximum atomic E-state index is 12.4. The molecule has 0 heterocycles. The van der Waals surface area contributed by atoms with E-state index < -0.39 is 6.10 Å². The minimum Gasteiger partial charge on any atom is -0.495 e. The van der Waals surface area contributed by atoms with Crippen LogP contribution in [0, 0.1) is 6.92 Å². The largest absolute Gasteiger partial charge is 0.495 e. The number of hydrogen-bond acceptors (Lipinski definition) is 5. The van der Waals surface area contributed by atoms with E-state index in [4.69, 9.17) is 9.47 Å². The van der Waals surface area contributed by atoms with E-state index in [2.05, 4.69) is 5.32 Å². The van der Waals surface area contributed by atoms with Crippen molar-refractivity contribution in [1.29, 1.82) is 0 Å². The molecule has 2 N–H and O–H groups in total. The van der Waals surface area contributed by atoms with Crippen molar-refractivity contribution in [3.05, 3.63) is 54.1 Å². The summed E-state index contributed by atoms with van der Waals surface area (Å²) in [6.07, 6.45) is 0.194. The van der Waals surface area contributed by atoms with E-state index in [1.165, 1.54) is 0 Å². The highest BCUT2D eigenvalue weighted by atomic mass is 16.5. The number of methoxy groups -OCH3 is 1. The third-order valence-corrected chi connectivity index (χ3v) is 4.19. The van der Waals surface area contributed by atoms with Crippen LogP contribution in [0.3, 0.4) is 0 Å². The van der Waals surface area contributed by atoms with E-state index in [9.17, 15) is 9.90 Å². The summed E-state index contributed by atoms with van der Waals surface area (Å²) in [6, 6.07) is 15.0. The normalized spacial score (nSPS) is 11.9. The Bertz CT molecular complexity index is 751. The number of ether oxygens (including phenoxy) is 2. The maximum Gasteiger partial charge on any atom is 0.238 e. The zero-order chi connectivity index (χ0) is 20.4. The van der Waals surface area contributed by atoms with Crippen molar-refractivity contribution in [2.24, 2.45) is 0 Å². The Morgan fingerprint density at radius 3 is 2.71 bits per heavy atom. The van der Waals surface area contributed by atoms with Crippen molar-refractivity contribution < 1.29 is 19.4 Å². The van der Waals surface area contributed by atoms with Crippen LogP contribution in [-0.4, -0.2) is 55.4 Å². The fraction of sp³-hybridized carbons (Fsp3) is 0.409. The molecule has 0 aliphatic heterocycles. The van der Waals surface area contributed by atoms with Gasteiger partial charge in [-0.05, 0) is 49.7 Å². The van der Waals surface area contributed by atoms with Crippen LogP contribution in [0.4, 0.5) is 5.69 Å². The minimum absolute atomic E-state index is 0.148. The fourth-order valence-corrected chi connectivity index (χ4v) is 2.94. The molecule has 0 aromatic heterocycles. The number of aliphatic hydroxyl groups excluding tert-OH is 1. The quantitative estimate of drug-likeness (QED) is 0.621. The van der Waals surface area contributed by atoms with Gasteiger partial charge in [-0.2, -0.15) is 0 Å². The Balaban J connectivity index is 1.86. The molecule has 0 saturated heterocycles. The zero-order valence-corrected chi connectivity index (χ0v) is 16.9. The van der Waals surface area contributed by atoms with Gasteiger partial charge in [-0.3, -0.25) is 9.69 Å². The highest BCUT2D eigenvalue weighted by Gasteiger charge is 2.16. The summed E-state index contributed by atoms with van der Waals surface area (Å²) in [5, 5.41) is 13.2. The molecule has 0 radical (unpaired) electrons. The molecule has 0 spiro atoms. The topological polar surface area (TPSA) is 71.0 Å². The number of carbonyl (C=O) groups is 1. The van der Waals surface area contributed by atoms with Gasteiger partial charge in [0.15, 0.2) is 0 Å². The number of benzene rings is 2. The predicted molar refractivity (Wildman–Crippen MR) is 111 cm³/mol. The highest BCUT2D eigenvalue weighted by Crippen LogP contribution is 2.22. The molecule has 1 amide bonds. The summed E-state index contributed by atoms with van der Waals surface area (Å²) < 4.78 is 10.9. The Hall–Kier alpha value is -2.57. The first-order chi connectivity index (χ1) is 13.5. The highest BCUT2D eigenvalue weighted by molar-refractivity contribution is 5.93. The van der Waals surface area contributed by atoms with Crippen LogP contribution in [0.5, 0.6) is 11.5 Å². The molecule has 6 nitrogen and oxygen atoms in total. The van der Waals surface area contributed by atoms with Crippen LogP contribution in [-0.2, 0) is 4.79 Å². The third-order valence-electron chi connectivity index (χ3n) is 4.19. The second kappa shape index (κ2) is 11.3. The summed E-state index contributed by atoms with van der Waals surface area (Å²) in [4.78, 5) is 14.4. The number of amides is 1. The summed E-state index contributed by atoms with van der Waals surface area (Å²) in [6.45, 7) is 5.47. The minimum atomic E-state index is -0.689. The number of aliphatic hydroxyl groups is 1. The van der Waals surface area contributed by atoms with Gasteiger partial charge in [0.05, 0.1) is 19.3 Å². The Labute approximate surface area is 167 Å². The van der Waals surface area contributed by atoms with Crippen LogP contribution in [0.25, 0.3) is 0 Å². The number of nitrogens with one attached hydrogen (secondary N) is 1. The lowest BCUT2D eigenvalue weighted by molar-refractivity contribution is -0.117. The van der Waals surface area contributed by atoms with E-state index in [1.807, 2.05) is 55.1 Å². The first-order valence-electron chi connectivity index (χ1n) is 9.54. The molecular weight excluding hydrogens is 356 g/mol. The molecule has 0 saturated carbocycles. The molecule has 0 aliphatic carbocycles. The lowest BCUT2D eigenvalue weighted by atomic mass is 10.2. The van der Waals surface area contributed by atoms with Gasteiger partial charge in [0.1, 0.15) is 24.2 Å². The zero-order valence-electron chi connectivity index (χ0n) is 16.9. The first-order valence-corrected chi connectivity index (χ1v) is 9.54. The molecule has 1 unspecified atom stereocenters. The van der Waals surface area contributed by atoms with Crippen molar-refractivity contribution in [3.8, 4) is 11.5 Å². The molecule has 2 rings (SSSR count). The molecule has 2 aromatic carbocycles. The van der Waals surface area contributed by atoms with Crippen LogP contribution < -0.4 is 14.8 Å². The Kier molecular flexibility index (Phi) is 8.78. The average molecular weight is 386 g/mol. The predicted octanol–water partition coefficient (Wildman–Crippen LogP) is 3.09. The monoisotopic (exact) mass is 386 g/mol. The van der Waals surface area contributed by atoms with Crippen LogP contribution in [0.1, 0.15) is 18.9 Å². The lowest BCUT2D eigenvalue weighted by Crippen LogP contribution is -2.40. The van der Waals surface area contributed by atoms with E-state index in [-0.39, 0.29) is 19.1 Å². The Morgan fingerprint density at radius 1 is 1.21 bits per heavy atom. The fourth-order valence-electron chi connectivity index (χ4n) is 2.94. The van der Waals surface area contributed by atoms with Gasteiger partial charge in [0.25, 0.3) is 0 Å². The lowest BCUT2D eigenvalue weighted by Gasteiger charge is -2.24. The number of anilines is 1. The average Bonchev–Trinajstić information content (AvgIpc) is 2.67. The maximum absolute atomic E-state index is 12.4. The SMILES string of the molecule is CCCN(CC(=O)Nc1ccccc1OC)CC(O)COc1cccc(C)c1. The van der Waals surface area contributed by atoms with Crippen molar-refractivity contribution in [2.45, 2.75) is 26.4 Å². The number of hydrogen-bond donors (Lipinski definition) is 2. The van der Waals surface area contributed by atoms with Crippen LogP contribution in [0.15, 0.2) is 48.5 Å². The van der Waals surface area contributed by atoms with Crippen molar-refractivity contribution in [2.75, 3.05) is 38.7 Å². The van der Waals surface area contributed by atoms with Crippen molar-refractivity contribution in [1.82, 2.24) is 4.90 Å². The second-order valence-corrected chi connectivity index (χ2v) is 6.76. The molecule has 1 atom stereocenters. The number of nitrogens with zero attached hydrogens (tertiary/aromatic N) is 1. The standard InChI is InChI=1S/C22H30N2O4/c1-4-12-24(14-18(25)16-28-19-9-7-8-17(2)13-19)15-22(26)23-20-10-5-6-11-21(20)27-3/h5-11,13,18,25H,4,12,14-16H2,1-3H3,(H,23,26). The smallest absolute Gasteiger partial charge is 0.238 e. The van der Waals surface area contributed by atoms with Gasteiger partial charge in [-0.15, -0.1) is 0 Å². The molecular formula is C22H30N2O4. The second-order valence-electron chi connectivity index (χ2n) is 6.76. The first kappa shape index (κ1) is 21.7. The summed E-state index contributed by atoms with van der Waals surface area (Å²) in [7, 11) is 1.57. The molecule has 6 heteroatoms. The van der Waals surface area contributed by atoms with Gasteiger partial charge < -0.3 is 19.9 Å². The number of rotatable bonds is 11. The molecule has 2 aromatic rings. The Morgan fingerprint density at radius 2 is 2.00 bits per heavy atom. The van der Waals surface area contributed by atoms with Crippen LogP contribution in [0.2, 0.25) is 0 Å². The van der Waals surface area contributed by atoms with Crippen molar-refractivity contribution >= 4 is 11.6 Å². The molecule has 0 bridgehead atoms. The molecule has 0 aliphatic rings.